The molecule has 2 aromatic rings. The number of hydrogen-bond donors (Lipinski definition) is 2. The number of carbonyl (C=O) groups is 3. The van der Waals surface area contributed by atoms with Gasteiger partial charge in [-0.1, -0.05) is 0 Å². The predicted octanol–water partition coefficient (Wildman–Crippen LogP) is 1.98. The van der Waals surface area contributed by atoms with E-state index in [9.17, 15) is 14.4 Å². The number of rotatable bonds is 10. The van der Waals surface area contributed by atoms with E-state index in [1.165, 1.54) is 0 Å². The molecule has 0 aromatic heterocycles. The Bertz CT molecular complexity index is 772. The summed E-state index contributed by atoms with van der Waals surface area (Å²) in [6.45, 7) is 0.777. The van der Waals surface area contributed by atoms with Crippen molar-refractivity contribution >= 4 is 88.2 Å². The van der Waals surface area contributed by atoms with E-state index < -0.39 is 11.9 Å². The van der Waals surface area contributed by atoms with E-state index in [0.29, 0.717) is 24.2 Å². The van der Waals surface area contributed by atoms with Gasteiger partial charge < -0.3 is 20.0 Å². The van der Waals surface area contributed by atoms with Crippen molar-refractivity contribution in [3.05, 3.63) is 59.7 Å². The van der Waals surface area contributed by atoms with E-state index >= 15 is 0 Å². The normalized spacial score (nSPS) is 9.67. The van der Waals surface area contributed by atoms with E-state index in [4.69, 9.17) is 10.2 Å². The fraction of sp³-hybridized carbons (Fsp3) is 0.286. The van der Waals surface area contributed by atoms with Crippen molar-refractivity contribution in [2.75, 3.05) is 37.0 Å². The monoisotopic (exact) mass is 430 g/mol. The molecule has 0 heterocycles. The number of carboxylic acids is 2. The van der Waals surface area contributed by atoms with Crippen LogP contribution in [0.3, 0.4) is 0 Å². The van der Waals surface area contributed by atoms with Gasteiger partial charge in [0.15, 0.2) is 5.78 Å². The topological polar surface area (TPSA) is 98.2 Å². The molecule has 2 aromatic carbocycles. The zero-order valence-corrected chi connectivity index (χ0v) is 22.0. The number of benzene rings is 2. The van der Waals surface area contributed by atoms with Gasteiger partial charge in [0.25, 0.3) is 0 Å². The van der Waals surface area contributed by atoms with Gasteiger partial charge in [0, 0.05) is 109 Å². The minimum atomic E-state index is -0.851. The Labute approximate surface area is 220 Å². The molecule has 0 aliphatic heterocycles. The summed E-state index contributed by atoms with van der Waals surface area (Å²) < 4.78 is 0. The van der Waals surface area contributed by atoms with Gasteiger partial charge in [0.2, 0.25) is 0 Å². The quantitative estimate of drug-likeness (QED) is 0.439. The van der Waals surface area contributed by atoms with E-state index in [2.05, 4.69) is 0 Å². The molecule has 0 fully saturated rings. The van der Waals surface area contributed by atoms with Crippen LogP contribution >= 0.6 is 0 Å². The molecular formula is C21H24N2Na2O5. The third-order valence-electron chi connectivity index (χ3n) is 4.46. The van der Waals surface area contributed by atoms with Crippen LogP contribution in [0.1, 0.15) is 28.8 Å². The van der Waals surface area contributed by atoms with Crippen molar-refractivity contribution in [3.63, 3.8) is 0 Å². The maximum atomic E-state index is 12.7. The van der Waals surface area contributed by atoms with Gasteiger partial charge in [-0.3, -0.25) is 14.4 Å². The van der Waals surface area contributed by atoms with Crippen LogP contribution in [0, 0.1) is 0 Å². The van der Waals surface area contributed by atoms with Crippen molar-refractivity contribution in [2.24, 2.45) is 0 Å². The standard InChI is InChI=1S/C21H24N2O5.2Na/c1-22(13-11-19(24)25)17-7-3-15(4-8-17)21(28)16-5-9-18(10-6-16)23(2)14-12-20(26)27;;/h3-10H,11-14H2,1-2H3,(H,24,25)(H,26,27);;. The Balaban J connectivity index is 0.00000420. The zero-order chi connectivity index (χ0) is 20.7. The van der Waals surface area contributed by atoms with Crippen molar-refractivity contribution in [1.29, 1.82) is 0 Å². The van der Waals surface area contributed by atoms with Crippen LogP contribution in [0.15, 0.2) is 48.5 Å². The summed E-state index contributed by atoms with van der Waals surface area (Å²) in [5.41, 5.74) is 2.77. The van der Waals surface area contributed by atoms with Crippen LogP contribution in [0.5, 0.6) is 0 Å². The van der Waals surface area contributed by atoms with Crippen LogP contribution < -0.4 is 9.80 Å². The van der Waals surface area contributed by atoms with Gasteiger partial charge in [0.05, 0.1) is 12.8 Å². The number of nitrogens with zero attached hydrogens (tertiary/aromatic N) is 2. The number of carboxylic acid groups (broad SMARTS) is 2. The number of carbonyl (C=O) groups excluding carboxylic acids is 1. The minimum Gasteiger partial charge on any atom is -0.481 e. The molecule has 2 radical (unpaired) electrons. The first-order chi connectivity index (χ1) is 13.3. The Morgan fingerprint density at radius 3 is 1.23 bits per heavy atom. The third-order valence-corrected chi connectivity index (χ3v) is 4.46. The Hall–Kier alpha value is -1.35. The Kier molecular flexibility index (Phi) is 13.2. The molecule has 9 heteroatoms. The maximum absolute atomic E-state index is 12.7. The molecule has 0 aliphatic rings. The van der Waals surface area contributed by atoms with Crippen LogP contribution in [0.2, 0.25) is 0 Å². The average molecular weight is 430 g/mol. The van der Waals surface area contributed by atoms with E-state index in [1.54, 1.807) is 62.6 Å². The molecule has 0 amide bonds. The molecule has 0 bridgehead atoms. The van der Waals surface area contributed by atoms with Crippen molar-refractivity contribution < 1.29 is 24.6 Å². The van der Waals surface area contributed by atoms with Crippen LogP contribution in [-0.2, 0) is 9.59 Å². The second-order valence-corrected chi connectivity index (χ2v) is 6.55. The van der Waals surface area contributed by atoms with Crippen molar-refractivity contribution in [2.45, 2.75) is 12.8 Å². The van der Waals surface area contributed by atoms with Crippen LogP contribution in [-0.4, -0.2) is 114 Å². The molecular weight excluding hydrogens is 406 g/mol. The summed E-state index contributed by atoms with van der Waals surface area (Å²) >= 11 is 0. The third kappa shape index (κ3) is 8.79. The molecule has 0 unspecified atom stereocenters. The maximum Gasteiger partial charge on any atom is 0.305 e. The van der Waals surface area contributed by atoms with Crippen molar-refractivity contribution in [1.82, 2.24) is 0 Å². The Morgan fingerprint density at radius 2 is 0.967 bits per heavy atom. The largest absolute Gasteiger partial charge is 0.481 e. The molecule has 0 saturated carbocycles. The van der Waals surface area contributed by atoms with Crippen molar-refractivity contribution in [3.8, 4) is 0 Å². The van der Waals surface area contributed by atoms with Gasteiger partial charge in [-0.05, 0) is 48.5 Å². The van der Waals surface area contributed by atoms with Crippen LogP contribution in [0.4, 0.5) is 11.4 Å². The van der Waals surface area contributed by atoms with E-state index in [1.807, 2.05) is 9.80 Å². The van der Waals surface area contributed by atoms with Gasteiger partial charge in [-0.15, -0.1) is 0 Å². The molecule has 2 N–H and O–H groups in total. The van der Waals surface area contributed by atoms with E-state index in [-0.39, 0.29) is 77.7 Å². The second-order valence-electron chi connectivity index (χ2n) is 6.55. The molecule has 0 atom stereocenters. The summed E-state index contributed by atoms with van der Waals surface area (Å²) in [4.78, 5) is 37.6. The fourth-order valence-electron chi connectivity index (χ4n) is 2.69. The van der Waals surface area contributed by atoms with Gasteiger partial charge >= 0.3 is 11.9 Å². The molecule has 150 valence electrons. The molecule has 2 rings (SSSR count). The summed E-state index contributed by atoms with van der Waals surface area (Å²) in [6.07, 6.45) is 0.0921. The fourth-order valence-corrected chi connectivity index (χ4v) is 2.69. The summed E-state index contributed by atoms with van der Waals surface area (Å²) in [6, 6.07) is 14.1. The van der Waals surface area contributed by atoms with E-state index in [0.717, 1.165) is 11.4 Å². The SMILES string of the molecule is CN(CCC(=O)O)c1ccc(C(=O)c2ccc(N(C)CCC(=O)O)cc2)cc1.[Na].[Na]. The first kappa shape index (κ1) is 28.6. The van der Waals surface area contributed by atoms with Gasteiger partial charge in [-0.25, -0.2) is 0 Å². The number of ketones is 1. The predicted molar refractivity (Wildman–Crippen MR) is 119 cm³/mol. The first-order valence-corrected chi connectivity index (χ1v) is 8.88. The molecule has 0 spiro atoms. The molecule has 7 nitrogen and oxygen atoms in total. The minimum absolute atomic E-state index is 0. The number of aliphatic carboxylic acids is 2. The van der Waals surface area contributed by atoms with Gasteiger partial charge in [0.1, 0.15) is 0 Å². The first-order valence-electron chi connectivity index (χ1n) is 8.88. The van der Waals surface area contributed by atoms with Crippen LogP contribution in [0.25, 0.3) is 0 Å². The zero-order valence-electron chi connectivity index (χ0n) is 18.0. The second kappa shape index (κ2) is 13.9. The summed E-state index contributed by atoms with van der Waals surface area (Å²) in [5.74, 6) is -1.81. The van der Waals surface area contributed by atoms with Gasteiger partial charge in [-0.2, -0.15) is 0 Å². The molecule has 30 heavy (non-hydrogen) atoms. The Morgan fingerprint density at radius 1 is 0.667 bits per heavy atom. The molecule has 0 aliphatic carbocycles. The smallest absolute Gasteiger partial charge is 0.305 e. The summed E-state index contributed by atoms with van der Waals surface area (Å²) in [7, 11) is 3.61. The number of hydrogen-bond acceptors (Lipinski definition) is 5. The number of anilines is 2. The average Bonchev–Trinajstić information content (AvgIpc) is 2.69. The summed E-state index contributed by atoms with van der Waals surface area (Å²) in [5, 5.41) is 17.5. The molecule has 0 saturated heterocycles.